The maximum absolute atomic E-state index is 12.1. The highest BCUT2D eigenvalue weighted by atomic mass is 32.2. The number of aliphatic imine (C=N–C) groups is 1. The van der Waals surface area contributed by atoms with E-state index in [-0.39, 0.29) is 30.2 Å². The number of phenolic OH excluding ortho intramolecular Hbond substituents is 2. The Bertz CT molecular complexity index is 1050. The average molecular weight is 434 g/mol. The first-order chi connectivity index (χ1) is 13.8. The zero-order valence-electron chi connectivity index (χ0n) is 14.6. The van der Waals surface area contributed by atoms with Gasteiger partial charge in [0, 0.05) is 18.7 Å². The molecule has 0 spiro atoms. The number of benzene rings is 1. The number of nitrogens with one attached hydrogen (secondary N) is 2. The minimum atomic E-state index is -1.06. The zero-order chi connectivity index (χ0) is 21.0. The molecule has 2 aromatic rings. The van der Waals surface area contributed by atoms with Gasteiger partial charge in [0.15, 0.2) is 21.8 Å². The van der Waals surface area contributed by atoms with Crippen molar-refractivity contribution in [2.75, 3.05) is 5.32 Å². The number of amidine groups is 1. The molecule has 1 aliphatic rings. The van der Waals surface area contributed by atoms with Gasteiger partial charge in [0.2, 0.25) is 5.91 Å². The molecule has 2 heterocycles. The molecule has 29 heavy (non-hydrogen) atoms. The van der Waals surface area contributed by atoms with E-state index in [2.05, 4.69) is 20.6 Å². The Morgan fingerprint density at radius 3 is 2.76 bits per heavy atom. The maximum atomic E-state index is 12.1. The largest absolute Gasteiger partial charge is 0.504 e. The number of hydrogen-bond acceptors (Lipinski definition) is 9. The van der Waals surface area contributed by atoms with Crippen LogP contribution in [0, 0.1) is 0 Å². The van der Waals surface area contributed by atoms with Crippen LogP contribution in [0.2, 0.25) is 0 Å². The van der Waals surface area contributed by atoms with Crippen molar-refractivity contribution in [1.82, 2.24) is 10.3 Å². The van der Waals surface area contributed by atoms with E-state index in [0.29, 0.717) is 25.8 Å². The molecule has 3 rings (SSSR count). The first kappa shape index (κ1) is 20.4. The highest BCUT2D eigenvalue weighted by Gasteiger charge is 2.24. The highest BCUT2D eigenvalue weighted by molar-refractivity contribution is 8.18. The fourth-order valence-electron chi connectivity index (χ4n) is 2.12. The Hall–Kier alpha value is -3.38. The summed E-state index contributed by atoms with van der Waals surface area (Å²) in [6.45, 7) is 0. The molecule has 0 radical (unpaired) electrons. The standard InChI is InChI=1S/C17H14N4O6S2/c22-10-2-1-8(5-11(10)23)19-17-21-15(27)12(29-17)6-9-7-18-16(28-9)20-13(24)3-4-14(25)26/h1-2,5-7,22-23H,3-4H2,(H,25,26)(H,18,20,24)(H,19,21,27)/b12-6-. The van der Waals surface area contributed by atoms with Gasteiger partial charge in [-0.3, -0.25) is 14.4 Å². The van der Waals surface area contributed by atoms with Crippen molar-refractivity contribution in [2.24, 2.45) is 4.99 Å². The van der Waals surface area contributed by atoms with Gasteiger partial charge >= 0.3 is 5.97 Å². The normalized spacial score (nSPS) is 16.2. The number of anilines is 1. The lowest BCUT2D eigenvalue weighted by atomic mass is 10.3. The molecule has 0 atom stereocenters. The average Bonchev–Trinajstić information content (AvgIpc) is 3.23. The molecule has 2 amide bonds. The smallest absolute Gasteiger partial charge is 0.303 e. The summed E-state index contributed by atoms with van der Waals surface area (Å²) in [6, 6.07) is 4.04. The first-order valence-corrected chi connectivity index (χ1v) is 9.72. The third-order valence-electron chi connectivity index (χ3n) is 3.45. The van der Waals surface area contributed by atoms with E-state index in [9.17, 15) is 24.6 Å². The Labute approximate surface area is 172 Å². The molecule has 0 aliphatic carbocycles. The van der Waals surface area contributed by atoms with Crippen LogP contribution in [0.1, 0.15) is 17.7 Å². The summed E-state index contributed by atoms with van der Waals surface area (Å²) >= 11 is 2.22. The molecule has 1 aliphatic heterocycles. The number of thiazole rings is 1. The van der Waals surface area contributed by atoms with Gasteiger partial charge in [-0.15, -0.1) is 0 Å². The van der Waals surface area contributed by atoms with E-state index in [0.717, 1.165) is 23.1 Å². The van der Waals surface area contributed by atoms with E-state index in [1.54, 1.807) is 6.08 Å². The summed E-state index contributed by atoms with van der Waals surface area (Å²) in [5.41, 5.74) is 0.355. The van der Waals surface area contributed by atoms with E-state index < -0.39 is 11.9 Å². The maximum Gasteiger partial charge on any atom is 0.303 e. The Balaban J connectivity index is 1.66. The molecule has 5 N–H and O–H groups in total. The second kappa shape index (κ2) is 8.75. The number of carbonyl (C=O) groups is 3. The number of aromatic hydroxyl groups is 2. The minimum Gasteiger partial charge on any atom is -0.504 e. The van der Waals surface area contributed by atoms with Crippen molar-refractivity contribution in [1.29, 1.82) is 0 Å². The lowest BCUT2D eigenvalue weighted by Crippen LogP contribution is -2.19. The molecule has 0 bridgehead atoms. The number of amides is 2. The number of nitrogens with zero attached hydrogens (tertiary/aromatic N) is 2. The molecule has 10 nitrogen and oxygen atoms in total. The van der Waals surface area contributed by atoms with Gasteiger partial charge in [-0.05, 0) is 30.0 Å². The van der Waals surface area contributed by atoms with E-state index in [1.807, 2.05) is 0 Å². The van der Waals surface area contributed by atoms with Gasteiger partial charge in [-0.2, -0.15) is 0 Å². The van der Waals surface area contributed by atoms with Crippen molar-refractivity contribution in [3.8, 4) is 11.5 Å². The van der Waals surface area contributed by atoms with Crippen LogP contribution >= 0.6 is 23.1 Å². The Morgan fingerprint density at radius 1 is 1.24 bits per heavy atom. The molecule has 1 fully saturated rings. The molecule has 1 saturated heterocycles. The molecular weight excluding hydrogens is 420 g/mol. The van der Waals surface area contributed by atoms with E-state index in [1.165, 1.54) is 24.4 Å². The van der Waals surface area contributed by atoms with Crippen LogP contribution in [0.15, 0.2) is 34.3 Å². The van der Waals surface area contributed by atoms with Crippen LogP contribution in [0.3, 0.4) is 0 Å². The number of aromatic nitrogens is 1. The van der Waals surface area contributed by atoms with Crippen LogP contribution in [0.4, 0.5) is 10.8 Å². The second-order valence-electron chi connectivity index (χ2n) is 5.66. The second-order valence-corrected chi connectivity index (χ2v) is 7.76. The molecule has 1 aromatic carbocycles. The van der Waals surface area contributed by atoms with Crippen LogP contribution in [0.25, 0.3) is 6.08 Å². The zero-order valence-corrected chi connectivity index (χ0v) is 16.2. The number of rotatable bonds is 6. The number of carboxylic acids is 1. The predicted molar refractivity (Wildman–Crippen MR) is 108 cm³/mol. The quantitative estimate of drug-likeness (QED) is 0.342. The number of aliphatic carboxylic acids is 1. The number of carboxylic acid groups (broad SMARTS) is 1. The van der Waals surface area contributed by atoms with Crippen molar-refractivity contribution < 1.29 is 29.7 Å². The van der Waals surface area contributed by atoms with Crippen molar-refractivity contribution in [2.45, 2.75) is 12.8 Å². The van der Waals surface area contributed by atoms with Crippen molar-refractivity contribution >= 4 is 62.9 Å². The van der Waals surface area contributed by atoms with Crippen molar-refractivity contribution in [3.05, 3.63) is 34.2 Å². The van der Waals surface area contributed by atoms with Gasteiger partial charge in [0.05, 0.1) is 21.9 Å². The van der Waals surface area contributed by atoms with Gasteiger partial charge < -0.3 is 26.0 Å². The summed E-state index contributed by atoms with van der Waals surface area (Å²) in [5, 5.41) is 33.1. The lowest BCUT2D eigenvalue weighted by Gasteiger charge is -1.99. The number of thioether (sulfide) groups is 1. The lowest BCUT2D eigenvalue weighted by molar-refractivity contribution is -0.138. The topological polar surface area (TPSA) is 161 Å². The Kier molecular flexibility index (Phi) is 6.14. The van der Waals surface area contributed by atoms with Gasteiger partial charge in [-0.1, -0.05) is 11.3 Å². The number of phenols is 2. The summed E-state index contributed by atoms with van der Waals surface area (Å²) < 4.78 is 0. The summed E-state index contributed by atoms with van der Waals surface area (Å²) in [7, 11) is 0. The highest BCUT2D eigenvalue weighted by Crippen LogP contribution is 2.33. The summed E-state index contributed by atoms with van der Waals surface area (Å²) in [5.74, 6) is -2.47. The third-order valence-corrected chi connectivity index (χ3v) is 5.22. The number of hydrogen-bond donors (Lipinski definition) is 5. The molecular formula is C17H14N4O6S2. The van der Waals surface area contributed by atoms with Gasteiger partial charge in [0.1, 0.15) is 0 Å². The molecule has 12 heteroatoms. The first-order valence-electron chi connectivity index (χ1n) is 8.09. The van der Waals surface area contributed by atoms with E-state index >= 15 is 0 Å². The van der Waals surface area contributed by atoms with Gasteiger partial charge in [0.25, 0.3) is 5.91 Å². The van der Waals surface area contributed by atoms with Crippen LogP contribution in [-0.2, 0) is 14.4 Å². The SMILES string of the molecule is O=C(O)CCC(=O)Nc1ncc(/C=C2\S/C(=N\c3ccc(O)c(O)c3)NC2=O)s1. The predicted octanol–water partition coefficient (Wildman–Crippen LogP) is 2.25. The molecule has 1 aromatic heterocycles. The van der Waals surface area contributed by atoms with Gasteiger partial charge in [-0.25, -0.2) is 9.98 Å². The Morgan fingerprint density at radius 2 is 2.03 bits per heavy atom. The number of carbonyl (C=O) groups excluding carboxylic acids is 2. The third kappa shape index (κ3) is 5.56. The van der Waals surface area contributed by atoms with Crippen LogP contribution < -0.4 is 10.6 Å². The summed E-state index contributed by atoms with van der Waals surface area (Å²) in [6.07, 6.45) is 2.63. The van der Waals surface area contributed by atoms with Crippen molar-refractivity contribution in [3.63, 3.8) is 0 Å². The monoisotopic (exact) mass is 434 g/mol. The van der Waals surface area contributed by atoms with Crippen LogP contribution in [0.5, 0.6) is 11.5 Å². The fraction of sp³-hybridized carbons (Fsp3) is 0.118. The van der Waals surface area contributed by atoms with Crippen LogP contribution in [-0.4, -0.2) is 43.3 Å². The fourth-order valence-corrected chi connectivity index (χ4v) is 3.80. The summed E-state index contributed by atoms with van der Waals surface area (Å²) in [4.78, 5) is 43.4. The minimum absolute atomic E-state index is 0.157. The van der Waals surface area contributed by atoms with E-state index in [4.69, 9.17) is 5.11 Å². The molecule has 0 unspecified atom stereocenters. The molecule has 150 valence electrons. The molecule has 0 saturated carbocycles.